The third kappa shape index (κ3) is 2.65. The van der Waals surface area contributed by atoms with E-state index in [1.165, 1.54) is 5.56 Å². The first-order valence-corrected chi connectivity index (χ1v) is 6.73. The summed E-state index contributed by atoms with van der Waals surface area (Å²) in [6.07, 6.45) is 0. The molecule has 0 aliphatic heterocycles. The Morgan fingerprint density at radius 3 is 2.43 bits per heavy atom. The Bertz CT molecular complexity index is 761. The van der Waals surface area contributed by atoms with Gasteiger partial charge in [0.2, 0.25) is 5.82 Å². The summed E-state index contributed by atoms with van der Waals surface area (Å²) in [5.41, 5.74) is 4.22. The maximum atomic E-state index is 5.36. The van der Waals surface area contributed by atoms with E-state index in [9.17, 15) is 0 Å². The molecule has 1 heterocycles. The molecule has 21 heavy (non-hydrogen) atoms. The first kappa shape index (κ1) is 13.4. The second kappa shape index (κ2) is 5.40. The number of methoxy groups -OCH3 is 1. The van der Waals surface area contributed by atoms with Crippen LogP contribution in [0.2, 0.25) is 0 Å². The summed E-state index contributed by atoms with van der Waals surface area (Å²) in [6, 6.07) is 13.7. The van der Waals surface area contributed by atoms with Crippen molar-refractivity contribution in [2.45, 2.75) is 13.8 Å². The van der Waals surface area contributed by atoms with Crippen LogP contribution >= 0.6 is 0 Å². The van der Waals surface area contributed by atoms with Crippen molar-refractivity contribution in [1.29, 1.82) is 0 Å². The second-order valence-electron chi connectivity index (χ2n) is 4.97. The summed E-state index contributed by atoms with van der Waals surface area (Å²) in [4.78, 5) is 4.48. The molecule has 0 N–H and O–H groups in total. The van der Waals surface area contributed by atoms with Gasteiger partial charge in [-0.05, 0) is 43.7 Å². The molecule has 0 bridgehead atoms. The molecule has 0 saturated carbocycles. The van der Waals surface area contributed by atoms with E-state index in [0.717, 1.165) is 22.4 Å². The Labute approximate surface area is 123 Å². The summed E-state index contributed by atoms with van der Waals surface area (Å²) in [7, 11) is 1.64. The Morgan fingerprint density at radius 1 is 1.00 bits per heavy atom. The van der Waals surface area contributed by atoms with E-state index in [2.05, 4.69) is 23.1 Å². The van der Waals surface area contributed by atoms with Crippen LogP contribution in [0.25, 0.3) is 22.8 Å². The van der Waals surface area contributed by atoms with Crippen molar-refractivity contribution in [1.82, 2.24) is 10.1 Å². The van der Waals surface area contributed by atoms with Crippen molar-refractivity contribution in [2.24, 2.45) is 0 Å². The molecule has 0 aliphatic carbocycles. The van der Waals surface area contributed by atoms with Crippen LogP contribution < -0.4 is 4.74 Å². The van der Waals surface area contributed by atoms with E-state index in [0.29, 0.717) is 11.7 Å². The third-order valence-electron chi connectivity index (χ3n) is 3.39. The zero-order chi connectivity index (χ0) is 14.8. The van der Waals surface area contributed by atoms with Crippen molar-refractivity contribution in [3.05, 3.63) is 53.6 Å². The minimum Gasteiger partial charge on any atom is -0.497 e. The second-order valence-corrected chi connectivity index (χ2v) is 4.97. The molecule has 4 nitrogen and oxygen atoms in total. The lowest BCUT2D eigenvalue weighted by Gasteiger charge is -2.01. The molecule has 0 saturated heterocycles. The fraction of sp³-hybridized carbons (Fsp3) is 0.176. The first-order chi connectivity index (χ1) is 10.2. The van der Waals surface area contributed by atoms with E-state index in [1.54, 1.807) is 7.11 Å². The van der Waals surface area contributed by atoms with Gasteiger partial charge in [0, 0.05) is 11.1 Å². The highest BCUT2D eigenvalue weighted by atomic mass is 16.5. The Balaban J connectivity index is 1.95. The topological polar surface area (TPSA) is 48.2 Å². The molecule has 0 atom stereocenters. The van der Waals surface area contributed by atoms with Crippen molar-refractivity contribution in [2.75, 3.05) is 7.11 Å². The van der Waals surface area contributed by atoms with E-state index >= 15 is 0 Å². The summed E-state index contributed by atoms with van der Waals surface area (Å²) in [5.74, 6) is 1.92. The number of aromatic nitrogens is 2. The molecule has 3 aromatic rings. The molecule has 0 spiro atoms. The van der Waals surface area contributed by atoms with Crippen LogP contribution in [0.15, 0.2) is 47.0 Å². The normalized spacial score (nSPS) is 10.6. The maximum absolute atomic E-state index is 5.36. The summed E-state index contributed by atoms with van der Waals surface area (Å²) >= 11 is 0. The highest BCUT2D eigenvalue weighted by molar-refractivity contribution is 5.63. The fourth-order valence-electron chi connectivity index (χ4n) is 2.25. The highest BCUT2D eigenvalue weighted by Gasteiger charge is 2.12. The molecule has 1 aromatic heterocycles. The molecule has 0 radical (unpaired) electrons. The minimum absolute atomic E-state index is 0.507. The lowest BCUT2D eigenvalue weighted by molar-refractivity contribution is 0.414. The van der Waals surface area contributed by atoms with Gasteiger partial charge in [-0.3, -0.25) is 0 Å². The fourth-order valence-corrected chi connectivity index (χ4v) is 2.25. The van der Waals surface area contributed by atoms with Crippen LogP contribution in [0.1, 0.15) is 11.1 Å². The van der Waals surface area contributed by atoms with Crippen LogP contribution in [0, 0.1) is 13.8 Å². The minimum atomic E-state index is 0.507. The predicted molar refractivity (Wildman–Crippen MR) is 81.2 cm³/mol. The number of hydrogen-bond acceptors (Lipinski definition) is 4. The number of rotatable bonds is 3. The molecule has 106 valence electrons. The number of ether oxygens (including phenoxy) is 1. The van der Waals surface area contributed by atoms with E-state index in [4.69, 9.17) is 9.26 Å². The van der Waals surface area contributed by atoms with Gasteiger partial charge in [-0.1, -0.05) is 28.9 Å². The van der Waals surface area contributed by atoms with Crippen LogP contribution in [-0.4, -0.2) is 17.3 Å². The SMILES string of the molecule is COc1ccc(-c2nc(-c3ccc(C)cc3C)no2)cc1. The van der Waals surface area contributed by atoms with Crippen molar-refractivity contribution in [3.8, 4) is 28.6 Å². The zero-order valence-corrected chi connectivity index (χ0v) is 12.3. The Hall–Kier alpha value is -2.62. The monoisotopic (exact) mass is 280 g/mol. The number of nitrogens with zero attached hydrogens (tertiary/aromatic N) is 2. The molecular weight excluding hydrogens is 264 g/mol. The largest absolute Gasteiger partial charge is 0.497 e. The molecule has 0 aliphatic rings. The van der Waals surface area contributed by atoms with Crippen LogP contribution in [0.3, 0.4) is 0 Å². The van der Waals surface area contributed by atoms with Gasteiger partial charge in [-0.25, -0.2) is 0 Å². The van der Waals surface area contributed by atoms with Gasteiger partial charge >= 0.3 is 0 Å². The molecule has 4 heteroatoms. The quantitative estimate of drug-likeness (QED) is 0.726. The zero-order valence-electron chi connectivity index (χ0n) is 12.3. The smallest absolute Gasteiger partial charge is 0.258 e. The summed E-state index contributed by atoms with van der Waals surface area (Å²) in [5, 5.41) is 4.08. The lowest BCUT2D eigenvalue weighted by atomic mass is 10.1. The number of aryl methyl sites for hydroxylation is 2. The van der Waals surface area contributed by atoms with Gasteiger partial charge in [0.15, 0.2) is 0 Å². The van der Waals surface area contributed by atoms with Gasteiger partial charge in [-0.2, -0.15) is 4.98 Å². The number of hydrogen-bond donors (Lipinski definition) is 0. The van der Waals surface area contributed by atoms with Crippen LogP contribution in [0.5, 0.6) is 5.75 Å². The average Bonchev–Trinajstić information content (AvgIpc) is 2.97. The van der Waals surface area contributed by atoms with Gasteiger partial charge < -0.3 is 9.26 Å². The first-order valence-electron chi connectivity index (χ1n) is 6.73. The van der Waals surface area contributed by atoms with Crippen molar-refractivity contribution >= 4 is 0 Å². The molecule has 0 fully saturated rings. The van der Waals surface area contributed by atoms with Crippen molar-refractivity contribution < 1.29 is 9.26 Å². The maximum Gasteiger partial charge on any atom is 0.258 e. The standard InChI is InChI=1S/C17H16N2O2/c1-11-4-9-15(12(2)10-11)16-18-17(21-19-16)13-5-7-14(20-3)8-6-13/h4-10H,1-3H3. The van der Waals surface area contributed by atoms with Crippen molar-refractivity contribution in [3.63, 3.8) is 0 Å². The lowest BCUT2D eigenvalue weighted by Crippen LogP contribution is -1.87. The van der Waals surface area contributed by atoms with Gasteiger partial charge in [0.25, 0.3) is 5.89 Å². The average molecular weight is 280 g/mol. The number of benzene rings is 2. The van der Waals surface area contributed by atoms with E-state index in [1.807, 2.05) is 43.3 Å². The molecule has 0 unspecified atom stereocenters. The van der Waals surface area contributed by atoms with E-state index < -0.39 is 0 Å². The van der Waals surface area contributed by atoms with E-state index in [-0.39, 0.29) is 0 Å². The Kier molecular flexibility index (Phi) is 3.44. The van der Waals surface area contributed by atoms with Gasteiger partial charge in [0.05, 0.1) is 7.11 Å². The summed E-state index contributed by atoms with van der Waals surface area (Å²) in [6.45, 7) is 4.11. The van der Waals surface area contributed by atoms with Crippen LogP contribution in [0.4, 0.5) is 0 Å². The van der Waals surface area contributed by atoms with Crippen LogP contribution in [-0.2, 0) is 0 Å². The molecule has 2 aromatic carbocycles. The third-order valence-corrected chi connectivity index (χ3v) is 3.39. The molecule has 3 rings (SSSR count). The summed E-state index contributed by atoms with van der Waals surface area (Å²) < 4.78 is 10.5. The van der Waals surface area contributed by atoms with Gasteiger partial charge in [-0.15, -0.1) is 0 Å². The molecule has 0 amide bonds. The van der Waals surface area contributed by atoms with Gasteiger partial charge in [0.1, 0.15) is 5.75 Å². The molecular formula is C17H16N2O2. The highest BCUT2D eigenvalue weighted by Crippen LogP contribution is 2.26. The predicted octanol–water partition coefficient (Wildman–Crippen LogP) is 4.03. The Morgan fingerprint density at radius 2 is 1.76 bits per heavy atom.